The smallest absolute Gasteiger partial charge is 0.307 e. The van der Waals surface area contributed by atoms with Gasteiger partial charge in [0.2, 0.25) is 0 Å². The third-order valence-corrected chi connectivity index (χ3v) is 2.34. The van der Waals surface area contributed by atoms with Crippen molar-refractivity contribution in [3.63, 3.8) is 0 Å². The number of hydrogen-bond acceptors (Lipinski definition) is 2. The SMILES string of the molecule is Cc1cc(O)c2[nH]cc(CC(=O)O)c2c1. The molecular weight excluding hydrogens is 194 g/mol. The standard InChI is InChI=1S/C11H11NO3/c1-6-2-8-7(4-10(14)15)5-12-11(8)9(13)3-6/h2-3,5,12-13H,4H2,1H3,(H,14,15). The minimum absolute atomic E-state index is 0.0388. The largest absolute Gasteiger partial charge is 0.506 e. The van der Waals surface area contributed by atoms with E-state index in [-0.39, 0.29) is 12.2 Å². The molecule has 0 atom stereocenters. The molecule has 0 bridgehead atoms. The maximum atomic E-state index is 10.6. The number of carboxylic acids is 1. The summed E-state index contributed by atoms with van der Waals surface area (Å²) in [5.41, 5.74) is 2.19. The van der Waals surface area contributed by atoms with Crippen LogP contribution in [-0.2, 0) is 11.2 Å². The molecule has 0 aliphatic heterocycles. The molecule has 3 N–H and O–H groups in total. The Morgan fingerprint density at radius 2 is 2.20 bits per heavy atom. The number of rotatable bonds is 2. The van der Waals surface area contributed by atoms with Gasteiger partial charge in [0.1, 0.15) is 5.75 Å². The van der Waals surface area contributed by atoms with Crippen LogP contribution < -0.4 is 0 Å². The molecule has 0 saturated heterocycles. The van der Waals surface area contributed by atoms with Crippen molar-refractivity contribution in [3.05, 3.63) is 29.5 Å². The molecular formula is C11H11NO3. The fraction of sp³-hybridized carbons (Fsp3) is 0.182. The molecule has 0 radical (unpaired) electrons. The molecule has 0 amide bonds. The number of H-pyrrole nitrogens is 1. The highest BCUT2D eigenvalue weighted by Gasteiger charge is 2.10. The topological polar surface area (TPSA) is 73.3 Å². The van der Waals surface area contributed by atoms with Gasteiger partial charge >= 0.3 is 5.97 Å². The Balaban J connectivity index is 2.63. The van der Waals surface area contributed by atoms with Gasteiger partial charge in [-0.05, 0) is 30.2 Å². The molecule has 0 spiro atoms. The first-order valence-electron chi connectivity index (χ1n) is 4.59. The fourth-order valence-corrected chi connectivity index (χ4v) is 1.72. The number of hydrogen-bond donors (Lipinski definition) is 3. The molecule has 0 aliphatic carbocycles. The van der Waals surface area contributed by atoms with Crippen molar-refractivity contribution < 1.29 is 15.0 Å². The average molecular weight is 205 g/mol. The summed E-state index contributed by atoms with van der Waals surface area (Å²) in [5, 5.41) is 19.1. The van der Waals surface area contributed by atoms with Crippen molar-refractivity contribution in [1.82, 2.24) is 4.98 Å². The molecule has 2 aromatic rings. The van der Waals surface area contributed by atoms with Crippen LogP contribution >= 0.6 is 0 Å². The summed E-state index contributed by atoms with van der Waals surface area (Å²) in [6, 6.07) is 3.51. The molecule has 1 aromatic heterocycles. The molecule has 78 valence electrons. The summed E-state index contributed by atoms with van der Waals surface area (Å²) in [5.74, 6) is -0.724. The van der Waals surface area contributed by atoms with E-state index < -0.39 is 5.97 Å². The molecule has 1 aromatic carbocycles. The number of aliphatic carboxylic acids is 1. The summed E-state index contributed by atoms with van der Waals surface area (Å²) in [7, 11) is 0. The Bertz CT molecular complexity index is 528. The number of aryl methyl sites for hydroxylation is 1. The van der Waals surface area contributed by atoms with Gasteiger partial charge in [-0.2, -0.15) is 0 Å². The molecule has 4 nitrogen and oxygen atoms in total. The summed E-state index contributed by atoms with van der Waals surface area (Å²) < 4.78 is 0. The van der Waals surface area contributed by atoms with Gasteiger partial charge in [-0.1, -0.05) is 0 Å². The Morgan fingerprint density at radius 1 is 1.47 bits per heavy atom. The zero-order valence-electron chi connectivity index (χ0n) is 8.24. The number of nitrogens with one attached hydrogen (secondary N) is 1. The van der Waals surface area contributed by atoms with Crippen molar-refractivity contribution in [2.75, 3.05) is 0 Å². The first-order chi connectivity index (χ1) is 7.08. The minimum atomic E-state index is -0.878. The van der Waals surface area contributed by atoms with Crippen LogP contribution in [0.1, 0.15) is 11.1 Å². The van der Waals surface area contributed by atoms with Crippen LogP contribution in [0.25, 0.3) is 10.9 Å². The molecule has 15 heavy (non-hydrogen) atoms. The maximum absolute atomic E-state index is 10.6. The van der Waals surface area contributed by atoms with E-state index in [2.05, 4.69) is 4.98 Å². The number of phenolic OH excluding ortho intramolecular Hbond substituents is 1. The molecule has 2 rings (SSSR count). The van der Waals surface area contributed by atoms with Crippen LogP contribution in [0.5, 0.6) is 5.75 Å². The summed E-state index contributed by atoms with van der Waals surface area (Å²) in [6.45, 7) is 1.86. The Morgan fingerprint density at radius 3 is 2.87 bits per heavy atom. The van der Waals surface area contributed by atoms with Crippen LogP contribution in [0, 0.1) is 6.92 Å². The van der Waals surface area contributed by atoms with Crippen molar-refractivity contribution in [2.45, 2.75) is 13.3 Å². The van der Waals surface area contributed by atoms with Crippen molar-refractivity contribution in [2.24, 2.45) is 0 Å². The van der Waals surface area contributed by atoms with Gasteiger partial charge in [0.25, 0.3) is 0 Å². The van der Waals surface area contributed by atoms with Crippen molar-refractivity contribution >= 4 is 16.9 Å². The van der Waals surface area contributed by atoms with Gasteiger partial charge in [-0.25, -0.2) is 0 Å². The number of aromatic nitrogens is 1. The van der Waals surface area contributed by atoms with Crippen LogP contribution in [0.2, 0.25) is 0 Å². The van der Waals surface area contributed by atoms with E-state index in [9.17, 15) is 9.90 Å². The van der Waals surface area contributed by atoms with E-state index >= 15 is 0 Å². The van der Waals surface area contributed by atoms with E-state index in [0.717, 1.165) is 10.9 Å². The lowest BCUT2D eigenvalue weighted by Gasteiger charge is -1.99. The van der Waals surface area contributed by atoms with Gasteiger partial charge in [0.15, 0.2) is 0 Å². The summed E-state index contributed by atoms with van der Waals surface area (Å²) >= 11 is 0. The zero-order chi connectivity index (χ0) is 11.0. The molecule has 4 heteroatoms. The number of carboxylic acid groups (broad SMARTS) is 1. The lowest BCUT2D eigenvalue weighted by molar-refractivity contribution is -0.136. The second kappa shape index (κ2) is 3.31. The van der Waals surface area contributed by atoms with Crippen LogP contribution in [0.15, 0.2) is 18.3 Å². The summed E-state index contributed by atoms with van der Waals surface area (Å²) in [6.07, 6.45) is 1.58. The molecule has 0 unspecified atom stereocenters. The Hall–Kier alpha value is -1.97. The highest BCUT2D eigenvalue weighted by Crippen LogP contribution is 2.28. The average Bonchev–Trinajstić information content (AvgIpc) is 2.48. The van der Waals surface area contributed by atoms with Gasteiger partial charge in [0.05, 0.1) is 11.9 Å². The lowest BCUT2D eigenvalue weighted by atomic mass is 10.1. The molecule has 0 aliphatic rings. The summed E-state index contributed by atoms with van der Waals surface area (Å²) in [4.78, 5) is 13.5. The third-order valence-electron chi connectivity index (χ3n) is 2.34. The normalized spacial score (nSPS) is 10.7. The molecule has 1 heterocycles. The van der Waals surface area contributed by atoms with Crippen molar-refractivity contribution in [3.8, 4) is 5.75 Å². The number of benzene rings is 1. The molecule has 0 saturated carbocycles. The van der Waals surface area contributed by atoms with Gasteiger partial charge in [0, 0.05) is 11.6 Å². The van der Waals surface area contributed by atoms with Gasteiger partial charge in [-0.3, -0.25) is 4.79 Å². The second-order valence-electron chi connectivity index (χ2n) is 3.59. The lowest BCUT2D eigenvalue weighted by Crippen LogP contribution is -1.98. The predicted molar refractivity (Wildman–Crippen MR) is 56.0 cm³/mol. The third kappa shape index (κ3) is 1.66. The van der Waals surface area contributed by atoms with Crippen LogP contribution in [0.4, 0.5) is 0 Å². The first kappa shape index (κ1) is 9.58. The van der Waals surface area contributed by atoms with E-state index in [0.29, 0.717) is 11.1 Å². The number of aromatic hydroxyl groups is 1. The van der Waals surface area contributed by atoms with E-state index in [1.165, 1.54) is 0 Å². The highest BCUT2D eigenvalue weighted by atomic mass is 16.4. The number of aromatic amines is 1. The van der Waals surface area contributed by atoms with Gasteiger partial charge in [-0.15, -0.1) is 0 Å². The number of phenols is 1. The minimum Gasteiger partial charge on any atom is -0.506 e. The van der Waals surface area contributed by atoms with Gasteiger partial charge < -0.3 is 15.2 Å². The number of carbonyl (C=O) groups is 1. The predicted octanol–water partition coefficient (Wildman–Crippen LogP) is 1.81. The Labute approximate surface area is 86.2 Å². The van der Waals surface area contributed by atoms with Crippen LogP contribution in [0.3, 0.4) is 0 Å². The van der Waals surface area contributed by atoms with E-state index in [4.69, 9.17) is 5.11 Å². The maximum Gasteiger partial charge on any atom is 0.307 e. The first-order valence-corrected chi connectivity index (χ1v) is 4.59. The monoisotopic (exact) mass is 205 g/mol. The number of fused-ring (bicyclic) bond motifs is 1. The van der Waals surface area contributed by atoms with E-state index in [1.54, 1.807) is 12.3 Å². The van der Waals surface area contributed by atoms with Crippen LogP contribution in [-0.4, -0.2) is 21.2 Å². The fourth-order valence-electron chi connectivity index (χ4n) is 1.72. The van der Waals surface area contributed by atoms with Crippen molar-refractivity contribution in [1.29, 1.82) is 0 Å². The zero-order valence-corrected chi connectivity index (χ0v) is 8.24. The quantitative estimate of drug-likeness (QED) is 0.700. The second-order valence-corrected chi connectivity index (χ2v) is 3.59. The Kier molecular flexibility index (Phi) is 2.11. The highest BCUT2D eigenvalue weighted by molar-refractivity contribution is 5.91. The van der Waals surface area contributed by atoms with E-state index in [1.807, 2.05) is 13.0 Å². The molecule has 0 fully saturated rings.